The minimum atomic E-state index is -0.640. The van der Waals surface area contributed by atoms with Crippen molar-refractivity contribution in [3.8, 4) is 11.1 Å². The number of rotatable bonds is 6. The summed E-state index contributed by atoms with van der Waals surface area (Å²) < 4.78 is 2.06. The molecule has 1 atom stereocenters. The highest BCUT2D eigenvalue weighted by molar-refractivity contribution is 5.96. The predicted molar refractivity (Wildman–Crippen MR) is 144 cm³/mol. The molecule has 190 valence electrons. The summed E-state index contributed by atoms with van der Waals surface area (Å²) in [5, 5.41) is 3.82. The molecule has 4 aromatic heterocycles. The second-order valence-electron chi connectivity index (χ2n) is 10.0. The zero-order valence-electron chi connectivity index (χ0n) is 21.4. The molecule has 0 spiro atoms. The fourth-order valence-corrected chi connectivity index (χ4v) is 4.99. The summed E-state index contributed by atoms with van der Waals surface area (Å²) in [6.45, 7) is 1.65. The van der Waals surface area contributed by atoms with Gasteiger partial charge in [-0.3, -0.25) is 24.0 Å². The van der Waals surface area contributed by atoms with Crippen LogP contribution in [0.1, 0.15) is 41.5 Å². The van der Waals surface area contributed by atoms with Crippen molar-refractivity contribution in [2.45, 2.75) is 31.2 Å². The van der Waals surface area contributed by atoms with E-state index in [2.05, 4.69) is 53.9 Å². The van der Waals surface area contributed by atoms with E-state index in [1.807, 2.05) is 30.7 Å². The molecule has 1 aliphatic carbocycles. The third-order valence-corrected chi connectivity index (χ3v) is 7.25. The van der Waals surface area contributed by atoms with Crippen LogP contribution in [0.5, 0.6) is 0 Å². The van der Waals surface area contributed by atoms with Crippen molar-refractivity contribution in [3.63, 3.8) is 0 Å². The lowest BCUT2D eigenvalue weighted by Crippen LogP contribution is -2.44. The Bertz CT molecular complexity index is 1690. The van der Waals surface area contributed by atoms with Crippen LogP contribution >= 0.6 is 0 Å². The van der Waals surface area contributed by atoms with Crippen molar-refractivity contribution in [1.82, 2.24) is 34.6 Å². The molecule has 38 heavy (non-hydrogen) atoms. The molecule has 1 N–H and O–H groups in total. The number of pyridine rings is 2. The molecular weight excluding hydrogens is 478 g/mol. The van der Waals surface area contributed by atoms with Gasteiger partial charge in [0, 0.05) is 60.8 Å². The zero-order valence-corrected chi connectivity index (χ0v) is 21.4. The van der Waals surface area contributed by atoms with Crippen molar-refractivity contribution in [2.75, 3.05) is 14.1 Å². The van der Waals surface area contributed by atoms with Gasteiger partial charge in [-0.1, -0.05) is 18.2 Å². The predicted octanol–water partition coefficient (Wildman–Crippen LogP) is 3.63. The van der Waals surface area contributed by atoms with E-state index in [0.29, 0.717) is 5.78 Å². The van der Waals surface area contributed by atoms with Gasteiger partial charge in [-0.05, 0) is 49.6 Å². The summed E-state index contributed by atoms with van der Waals surface area (Å²) in [5.74, 6) is 0.0613. The van der Waals surface area contributed by atoms with Crippen LogP contribution in [0.3, 0.4) is 0 Å². The van der Waals surface area contributed by atoms with Crippen molar-refractivity contribution in [2.24, 2.45) is 0 Å². The second-order valence-corrected chi connectivity index (χ2v) is 10.0. The number of benzene rings is 1. The highest BCUT2D eigenvalue weighted by Gasteiger charge is 2.48. The van der Waals surface area contributed by atoms with E-state index in [0.717, 1.165) is 40.6 Å². The molecular formula is C29H27N7O2. The molecule has 0 bridgehead atoms. The topological polar surface area (TPSA) is 105 Å². The van der Waals surface area contributed by atoms with Gasteiger partial charge in [-0.15, -0.1) is 0 Å². The molecule has 9 nitrogen and oxygen atoms in total. The van der Waals surface area contributed by atoms with Crippen LogP contribution < -0.4 is 5.32 Å². The van der Waals surface area contributed by atoms with Crippen molar-refractivity contribution < 1.29 is 9.59 Å². The summed E-state index contributed by atoms with van der Waals surface area (Å²) in [5.41, 5.74) is 5.17. The van der Waals surface area contributed by atoms with E-state index in [9.17, 15) is 9.59 Å². The Morgan fingerprint density at radius 3 is 2.50 bits per heavy atom. The van der Waals surface area contributed by atoms with Crippen LogP contribution in [0.4, 0.5) is 0 Å². The van der Waals surface area contributed by atoms with Gasteiger partial charge in [0.05, 0.1) is 17.4 Å². The minimum Gasteiger partial charge on any atom is -0.347 e. The first-order valence-corrected chi connectivity index (χ1v) is 12.5. The average Bonchev–Trinajstić information content (AvgIpc) is 3.64. The second kappa shape index (κ2) is 9.02. The minimum absolute atomic E-state index is 0.107. The maximum absolute atomic E-state index is 12.6. The van der Waals surface area contributed by atoms with Gasteiger partial charge in [0.2, 0.25) is 11.7 Å². The number of hydrogen-bond acceptors (Lipinski definition) is 6. The summed E-state index contributed by atoms with van der Waals surface area (Å²) >= 11 is 0. The molecule has 1 aliphatic rings. The first-order valence-electron chi connectivity index (χ1n) is 12.5. The molecule has 1 aromatic carbocycles. The van der Waals surface area contributed by atoms with Gasteiger partial charge in [0.15, 0.2) is 0 Å². The average molecular weight is 506 g/mol. The Morgan fingerprint density at radius 2 is 1.76 bits per heavy atom. The van der Waals surface area contributed by atoms with Gasteiger partial charge in [-0.25, -0.2) is 9.97 Å². The fourth-order valence-electron chi connectivity index (χ4n) is 4.99. The zero-order chi connectivity index (χ0) is 26.4. The van der Waals surface area contributed by atoms with Crippen LogP contribution in [0.2, 0.25) is 0 Å². The van der Waals surface area contributed by atoms with Crippen LogP contribution in [0, 0.1) is 0 Å². The van der Waals surface area contributed by atoms with E-state index >= 15 is 0 Å². The maximum Gasteiger partial charge on any atom is 0.270 e. The number of likely N-dealkylation sites (N-methyl/N-ethyl adjacent to an activating group) is 1. The van der Waals surface area contributed by atoms with E-state index in [4.69, 9.17) is 0 Å². The smallest absolute Gasteiger partial charge is 0.270 e. The van der Waals surface area contributed by atoms with Crippen LogP contribution in [-0.4, -0.2) is 61.2 Å². The monoisotopic (exact) mass is 505 g/mol. The fraction of sp³-hybridized carbons (Fsp3) is 0.241. The Balaban J connectivity index is 1.29. The summed E-state index contributed by atoms with van der Waals surface area (Å²) in [6, 6.07) is 13.4. The summed E-state index contributed by atoms with van der Waals surface area (Å²) in [6.07, 6.45) is 11.3. The standard InChI is InChI=1S/C29H27N7O2/c1-18(27(38)35(2)3)34-26(37)24-8-6-20(14-31-24)21-15-32-28-33-16-25(36(28)17-21)29(10-11-29)22-7-9-23-19(13-22)5-4-12-30-23/h4-9,12-18H,10-11H2,1-3H3,(H,34,37)/t18-/m1/s1. The molecule has 4 heterocycles. The number of carbonyl (C=O) groups is 2. The molecule has 0 saturated heterocycles. The number of hydrogen-bond donors (Lipinski definition) is 1. The molecule has 9 heteroatoms. The molecule has 0 radical (unpaired) electrons. The number of fused-ring (bicyclic) bond motifs is 2. The number of amides is 2. The van der Waals surface area contributed by atoms with Crippen LogP contribution in [-0.2, 0) is 10.2 Å². The Kier molecular flexibility index (Phi) is 5.63. The Labute approximate surface area is 219 Å². The number of nitrogens with zero attached hydrogens (tertiary/aromatic N) is 6. The highest BCUT2D eigenvalue weighted by atomic mass is 16.2. The molecule has 6 rings (SSSR count). The first kappa shape index (κ1) is 23.7. The van der Waals surface area contributed by atoms with Gasteiger partial charge in [0.1, 0.15) is 11.7 Å². The number of imidazole rings is 1. The van der Waals surface area contributed by atoms with Gasteiger partial charge < -0.3 is 10.2 Å². The van der Waals surface area contributed by atoms with E-state index in [1.54, 1.807) is 39.5 Å². The summed E-state index contributed by atoms with van der Waals surface area (Å²) in [4.78, 5) is 44.0. The van der Waals surface area contributed by atoms with Crippen molar-refractivity contribution in [3.05, 3.63) is 90.4 Å². The lowest BCUT2D eigenvalue weighted by atomic mass is 9.91. The van der Waals surface area contributed by atoms with Crippen LogP contribution in [0.25, 0.3) is 27.8 Å². The third kappa shape index (κ3) is 4.06. The molecule has 5 aromatic rings. The van der Waals surface area contributed by atoms with E-state index in [1.165, 1.54) is 10.5 Å². The number of aromatic nitrogens is 5. The van der Waals surface area contributed by atoms with Crippen molar-refractivity contribution in [1.29, 1.82) is 0 Å². The van der Waals surface area contributed by atoms with Crippen molar-refractivity contribution >= 4 is 28.5 Å². The summed E-state index contributed by atoms with van der Waals surface area (Å²) in [7, 11) is 3.30. The normalized spacial score (nSPS) is 14.8. The van der Waals surface area contributed by atoms with E-state index < -0.39 is 11.9 Å². The molecule has 0 aliphatic heterocycles. The number of carbonyl (C=O) groups excluding carboxylic acids is 2. The lowest BCUT2D eigenvalue weighted by Gasteiger charge is -2.17. The van der Waals surface area contributed by atoms with Gasteiger partial charge in [0.25, 0.3) is 5.91 Å². The maximum atomic E-state index is 12.6. The Morgan fingerprint density at radius 1 is 0.974 bits per heavy atom. The lowest BCUT2D eigenvalue weighted by molar-refractivity contribution is -0.130. The van der Waals surface area contributed by atoms with E-state index in [-0.39, 0.29) is 17.0 Å². The largest absolute Gasteiger partial charge is 0.347 e. The van der Waals surface area contributed by atoms with Gasteiger partial charge >= 0.3 is 0 Å². The SMILES string of the molecule is C[C@@H](NC(=O)c1ccc(-c2cnc3ncc(C4(c5ccc6ncccc6c5)CC4)n3c2)cn1)C(=O)N(C)C. The molecule has 1 fully saturated rings. The van der Waals surface area contributed by atoms with Gasteiger partial charge in [-0.2, -0.15) is 0 Å². The first-order chi connectivity index (χ1) is 18.4. The quantitative estimate of drug-likeness (QED) is 0.378. The molecule has 1 saturated carbocycles. The third-order valence-electron chi connectivity index (χ3n) is 7.25. The Hall–Kier alpha value is -4.66. The molecule has 2 amide bonds. The van der Waals surface area contributed by atoms with Crippen LogP contribution in [0.15, 0.2) is 73.4 Å². The highest BCUT2D eigenvalue weighted by Crippen LogP contribution is 2.53. The molecule has 0 unspecified atom stereocenters. The number of nitrogens with one attached hydrogen (secondary N) is 1.